The van der Waals surface area contributed by atoms with Gasteiger partial charge in [-0.15, -0.1) is 0 Å². The van der Waals surface area contributed by atoms with Crippen molar-refractivity contribution in [3.05, 3.63) is 40.7 Å². The summed E-state index contributed by atoms with van der Waals surface area (Å²) in [6, 6.07) is 5.03. The van der Waals surface area contributed by atoms with E-state index in [0.29, 0.717) is 5.69 Å². The number of nitro groups is 1. The van der Waals surface area contributed by atoms with Gasteiger partial charge >= 0.3 is 0 Å². The van der Waals surface area contributed by atoms with E-state index in [1.165, 1.54) is 6.07 Å². The highest BCUT2D eigenvalue weighted by molar-refractivity contribution is 5.97. The van der Waals surface area contributed by atoms with Crippen molar-refractivity contribution in [3.63, 3.8) is 0 Å². The van der Waals surface area contributed by atoms with Crippen LogP contribution in [0, 0.1) is 10.1 Å². The van der Waals surface area contributed by atoms with Crippen LogP contribution in [0.25, 0.3) is 10.8 Å². The Balaban J connectivity index is 2.81. The summed E-state index contributed by atoms with van der Waals surface area (Å²) in [6.45, 7) is 0. The van der Waals surface area contributed by atoms with Crippen molar-refractivity contribution in [3.8, 4) is 0 Å². The van der Waals surface area contributed by atoms with Gasteiger partial charge in [0.1, 0.15) is 5.69 Å². The van der Waals surface area contributed by atoms with E-state index < -0.39 is 4.92 Å². The zero-order valence-corrected chi connectivity index (χ0v) is 8.10. The fourth-order valence-electron chi connectivity index (χ4n) is 1.56. The van der Waals surface area contributed by atoms with Gasteiger partial charge in [-0.1, -0.05) is 0 Å². The molecule has 2 rings (SSSR count). The van der Waals surface area contributed by atoms with E-state index in [4.69, 9.17) is 0 Å². The first-order valence-electron chi connectivity index (χ1n) is 4.43. The number of aromatic nitrogens is 1. The minimum atomic E-state index is -0.404. The molecule has 0 saturated carbocycles. The monoisotopic (exact) mass is 203 g/mol. The Morgan fingerprint density at radius 1 is 1.40 bits per heavy atom. The lowest BCUT2D eigenvalue weighted by atomic mass is 10.1. The van der Waals surface area contributed by atoms with Crippen molar-refractivity contribution in [2.45, 2.75) is 0 Å². The molecule has 15 heavy (non-hydrogen) atoms. The van der Waals surface area contributed by atoms with E-state index in [0.717, 1.165) is 10.8 Å². The number of benzene rings is 1. The van der Waals surface area contributed by atoms with Crippen molar-refractivity contribution in [1.82, 2.24) is 4.98 Å². The minimum absolute atomic E-state index is 0.0676. The first kappa shape index (κ1) is 9.39. The molecule has 1 heterocycles. The van der Waals surface area contributed by atoms with E-state index >= 15 is 0 Å². The molecular formula is C10H9N3O2. The quantitative estimate of drug-likeness (QED) is 0.600. The van der Waals surface area contributed by atoms with Gasteiger partial charge in [0.15, 0.2) is 0 Å². The Labute approximate surface area is 85.9 Å². The van der Waals surface area contributed by atoms with Gasteiger partial charge in [0.2, 0.25) is 0 Å². The zero-order chi connectivity index (χ0) is 10.8. The van der Waals surface area contributed by atoms with Gasteiger partial charge < -0.3 is 5.32 Å². The van der Waals surface area contributed by atoms with Gasteiger partial charge in [-0.3, -0.25) is 15.1 Å². The minimum Gasteiger partial charge on any atom is -0.382 e. The lowest BCUT2D eigenvalue weighted by Gasteiger charge is -2.05. The topological polar surface area (TPSA) is 68.1 Å². The molecule has 1 aromatic heterocycles. The second-order valence-electron chi connectivity index (χ2n) is 3.06. The van der Waals surface area contributed by atoms with Gasteiger partial charge in [-0.05, 0) is 17.5 Å². The normalized spacial score (nSPS) is 10.2. The van der Waals surface area contributed by atoms with Crippen LogP contribution in [0.3, 0.4) is 0 Å². The molecule has 1 N–H and O–H groups in total. The van der Waals surface area contributed by atoms with Crippen LogP contribution < -0.4 is 5.32 Å². The molecule has 5 nitrogen and oxygen atoms in total. The number of hydrogen-bond acceptors (Lipinski definition) is 4. The summed E-state index contributed by atoms with van der Waals surface area (Å²) in [4.78, 5) is 14.3. The third kappa shape index (κ3) is 1.48. The maximum atomic E-state index is 10.8. The first-order chi connectivity index (χ1) is 7.24. The van der Waals surface area contributed by atoms with Crippen molar-refractivity contribution >= 4 is 22.1 Å². The Morgan fingerprint density at radius 2 is 2.20 bits per heavy atom. The zero-order valence-electron chi connectivity index (χ0n) is 8.10. The SMILES string of the molecule is CNc1c([N+](=O)[O-])ccc2ccncc12. The number of anilines is 1. The Hall–Kier alpha value is -2.17. The third-order valence-corrected chi connectivity index (χ3v) is 2.25. The smallest absolute Gasteiger partial charge is 0.293 e. The molecule has 0 radical (unpaired) electrons. The molecule has 0 saturated heterocycles. The molecule has 0 spiro atoms. The summed E-state index contributed by atoms with van der Waals surface area (Å²) < 4.78 is 0. The van der Waals surface area contributed by atoms with Crippen molar-refractivity contribution in [2.75, 3.05) is 12.4 Å². The number of rotatable bonds is 2. The third-order valence-electron chi connectivity index (χ3n) is 2.25. The molecule has 76 valence electrons. The van der Waals surface area contributed by atoms with E-state index in [2.05, 4.69) is 10.3 Å². The highest BCUT2D eigenvalue weighted by Crippen LogP contribution is 2.31. The van der Waals surface area contributed by atoms with E-state index in [1.807, 2.05) is 6.07 Å². The second kappa shape index (κ2) is 3.53. The van der Waals surface area contributed by atoms with Crippen LogP contribution in [0.1, 0.15) is 0 Å². The number of nitro benzene ring substituents is 1. The lowest BCUT2D eigenvalue weighted by molar-refractivity contribution is -0.383. The maximum Gasteiger partial charge on any atom is 0.293 e. The van der Waals surface area contributed by atoms with E-state index in [1.54, 1.807) is 25.5 Å². The number of pyridine rings is 1. The van der Waals surface area contributed by atoms with Gasteiger partial charge in [-0.2, -0.15) is 0 Å². The Kier molecular flexibility index (Phi) is 2.21. The molecule has 2 aromatic rings. The largest absolute Gasteiger partial charge is 0.382 e. The fourth-order valence-corrected chi connectivity index (χ4v) is 1.56. The number of fused-ring (bicyclic) bond motifs is 1. The standard InChI is InChI=1S/C10H9N3O2/c1-11-10-8-6-12-5-4-7(8)2-3-9(10)13(14)15/h2-6,11H,1H3. The molecule has 5 heteroatoms. The molecule has 0 fully saturated rings. The maximum absolute atomic E-state index is 10.8. The van der Waals surface area contributed by atoms with Crippen LogP contribution >= 0.6 is 0 Å². The summed E-state index contributed by atoms with van der Waals surface area (Å²) in [5.41, 5.74) is 0.573. The van der Waals surface area contributed by atoms with E-state index in [-0.39, 0.29) is 5.69 Å². The Bertz CT molecular complexity index is 525. The van der Waals surface area contributed by atoms with Crippen LogP contribution in [-0.4, -0.2) is 17.0 Å². The van der Waals surface area contributed by atoms with Gasteiger partial charge in [0, 0.05) is 30.9 Å². The summed E-state index contributed by atoms with van der Waals surface area (Å²) in [5.74, 6) is 0. The number of hydrogen-bond donors (Lipinski definition) is 1. The summed E-state index contributed by atoms with van der Waals surface area (Å²) in [5, 5.41) is 15.3. The van der Waals surface area contributed by atoms with Crippen LogP contribution in [0.5, 0.6) is 0 Å². The van der Waals surface area contributed by atoms with Crippen LogP contribution in [0.15, 0.2) is 30.6 Å². The second-order valence-corrected chi connectivity index (χ2v) is 3.06. The summed E-state index contributed by atoms with van der Waals surface area (Å²) >= 11 is 0. The lowest BCUT2D eigenvalue weighted by Crippen LogP contribution is -1.97. The molecule has 0 bridgehead atoms. The molecule has 0 atom stereocenters. The average Bonchev–Trinajstić information content (AvgIpc) is 2.27. The highest BCUT2D eigenvalue weighted by Gasteiger charge is 2.15. The van der Waals surface area contributed by atoms with Crippen molar-refractivity contribution in [1.29, 1.82) is 0 Å². The number of nitrogens with one attached hydrogen (secondary N) is 1. The van der Waals surface area contributed by atoms with Crippen LogP contribution in [-0.2, 0) is 0 Å². The highest BCUT2D eigenvalue weighted by atomic mass is 16.6. The fraction of sp³-hybridized carbons (Fsp3) is 0.100. The Morgan fingerprint density at radius 3 is 2.87 bits per heavy atom. The summed E-state index contributed by atoms with van der Waals surface area (Å²) in [6.07, 6.45) is 3.28. The van der Waals surface area contributed by atoms with Crippen molar-refractivity contribution in [2.24, 2.45) is 0 Å². The van der Waals surface area contributed by atoms with Gasteiger partial charge in [0.05, 0.1) is 4.92 Å². The van der Waals surface area contributed by atoms with Gasteiger partial charge in [0.25, 0.3) is 5.69 Å². The molecule has 0 unspecified atom stereocenters. The number of nitrogens with zero attached hydrogens (tertiary/aromatic N) is 2. The first-order valence-corrected chi connectivity index (χ1v) is 4.43. The van der Waals surface area contributed by atoms with Crippen LogP contribution in [0.2, 0.25) is 0 Å². The molecule has 1 aromatic carbocycles. The van der Waals surface area contributed by atoms with Crippen molar-refractivity contribution < 1.29 is 4.92 Å². The molecule has 0 amide bonds. The molecule has 0 aliphatic rings. The van der Waals surface area contributed by atoms with Gasteiger partial charge in [-0.25, -0.2) is 0 Å². The molecular weight excluding hydrogens is 194 g/mol. The predicted octanol–water partition coefficient (Wildman–Crippen LogP) is 2.18. The van der Waals surface area contributed by atoms with E-state index in [9.17, 15) is 10.1 Å². The van der Waals surface area contributed by atoms with Crippen LogP contribution in [0.4, 0.5) is 11.4 Å². The summed E-state index contributed by atoms with van der Waals surface area (Å²) in [7, 11) is 1.66. The average molecular weight is 203 g/mol. The predicted molar refractivity (Wildman–Crippen MR) is 57.9 cm³/mol. The molecule has 0 aliphatic heterocycles. The molecule has 0 aliphatic carbocycles.